The van der Waals surface area contributed by atoms with E-state index in [4.69, 9.17) is 4.74 Å². The fourth-order valence-electron chi connectivity index (χ4n) is 1.99. The molecule has 118 valence electrons. The number of ether oxygens (including phenoxy) is 1. The Hall–Kier alpha value is -0.980. The summed E-state index contributed by atoms with van der Waals surface area (Å²) in [6, 6.07) is 8.36. The number of hydrogen-bond acceptors (Lipinski definition) is 4. The van der Waals surface area contributed by atoms with Crippen LogP contribution in [0.3, 0.4) is 0 Å². The normalized spacial score (nSPS) is 14.0. The minimum Gasteiger partial charge on any atom is -0.493 e. The predicted octanol–water partition coefficient (Wildman–Crippen LogP) is 2.82. The third kappa shape index (κ3) is 7.02. The fourth-order valence-corrected chi connectivity index (χ4v) is 1.99. The van der Waals surface area contributed by atoms with Gasteiger partial charge >= 0.3 is 0 Å². The molecule has 0 aromatic heterocycles. The molecule has 0 aliphatic carbocycles. The van der Waals surface area contributed by atoms with E-state index < -0.39 is 0 Å². The van der Waals surface area contributed by atoms with Crippen LogP contribution in [-0.2, 0) is 6.42 Å². The van der Waals surface area contributed by atoms with E-state index in [1.807, 2.05) is 12.1 Å². The molecule has 0 radical (unpaired) electrons. The van der Waals surface area contributed by atoms with Crippen LogP contribution in [-0.4, -0.2) is 32.2 Å². The van der Waals surface area contributed by atoms with Crippen LogP contribution in [0.2, 0.25) is 0 Å². The van der Waals surface area contributed by atoms with E-state index in [1.165, 1.54) is 5.56 Å². The second kappa shape index (κ2) is 9.87. The molecule has 0 spiro atoms. The third-order valence-electron chi connectivity index (χ3n) is 3.11. The van der Waals surface area contributed by atoms with Crippen molar-refractivity contribution in [3.05, 3.63) is 29.8 Å². The van der Waals surface area contributed by atoms with Gasteiger partial charge in [0, 0.05) is 19.6 Å². The standard InChI is InChI=1S/C16H25N3O.HI/c1-13(2)12-20-15-6-4-14(5-7-15)8-11-19-16-17-9-3-10-18-16;/h4-7,13H,3,8-12H2,1-2H3,(H2,17,18,19);1H. The van der Waals surface area contributed by atoms with E-state index in [2.05, 4.69) is 41.6 Å². The monoisotopic (exact) mass is 403 g/mol. The first-order valence-corrected chi connectivity index (χ1v) is 7.48. The topological polar surface area (TPSA) is 45.6 Å². The lowest BCUT2D eigenvalue weighted by Gasteiger charge is -2.16. The molecule has 0 bridgehead atoms. The number of halogens is 1. The molecule has 21 heavy (non-hydrogen) atoms. The lowest BCUT2D eigenvalue weighted by molar-refractivity contribution is 0.271. The molecule has 1 aliphatic rings. The highest BCUT2D eigenvalue weighted by Gasteiger charge is 2.03. The Morgan fingerprint density at radius 1 is 1.29 bits per heavy atom. The van der Waals surface area contributed by atoms with Crippen molar-refractivity contribution >= 4 is 29.9 Å². The van der Waals surface area contributed by atoms with Crippen LogP contribution in [0.15, 0.2) is 29.3 Å². The summed E-state index contributed by atoms with van der Waals surface area (Å²) in [5.41, 5.74) is 1.31. The Balaban J connectivity index is 0.00000220. The van der Waals surface area contributed by atoms with E-state index in [1.54, 1.807) is 0 Å². The quantitative estimate of drug-likeness (QED) is 0.719. The van der Waals surface area contributed by atoms with Crippen LogP contribution in [0.1, 0.15) is 25.8 Å². The van der Waals surface area contributed by atoms with Crippen LogP contribution < -0.4 is 15.4 Å². The van der Waals surface area contributed by atoms with Gasteiger partial charge in [0.25, 0.3) is 0 Å². The van der Waals surface area contributed by atoms with Crippen LogP contribution >= 0.6 is 24.0 Å². The molecule has 1 aliphatic heterocycles. The van der Waals surface area contributed by atoms with Gasteiger partial charge in [0.2, 0.25) is 0 Å². The SMILES string of the molecule is CC(C)COc1ccc(CCNC2=NCCCN2)cc1.I. The van der Waals surface area contributed by atoms with Crippen molar-refractivity contribution < 1.29 is 4.74 Å². The summed E-state index contributed by atoms with van der Waals surface area (Å²) in [5.74, 6) is 2.45. The van der Waals surface area contributed by atoms with Crippen LogP contribution in [0, 0.1) is 5.92 Å². The highest BCUT2D eigenvalue weighted by Crippen LogP contribution is 2.13. The lowest BCUT2D eigenvalue weighted by Crippen LogP contribution is -2.41. The Morgan fingerprint density at radius 2 is 2.05 bits per heavy atom. The average molecular weight is 403 g/mol. The highest BCUT2D eigenvalue weighted by atomic mass is 127. The zero-order valence-corrected chi connectivity index (χ0v) is 15.2. The maximum Gasteiger partial charge on any atom is 0.191 e. The smallest absolute Gasteiger partial charge is 0.191 e. The van der Waals surface area contributed by atoms with Crippen molar-refractivity contribution in [2.45, 2.75) is 26.7 Å². The Bertz CT molecular complexity index is 432. The van der Waals surface area contributed by atoms with Gasteiger partial charge in [-0.05, 0) is 36.5 Å². The largest absolute Gasteiger partial charge is 0.493 e. The van der Waals surface area contributed by atoms with Gasteiger partial charge < -0.3 is 15.4 Å². The minimum atomic E-state index is 0. The lowest BCUT2D eigenvalue weighted by atomic mass is 10.1. The van der Waals surface area contributed by atoms with Crippen molar-refractivity contribution in [1.82, 2.24) is 10.6 Å². The molecule has 0 saturated heterocycles. The van der Waals surface area contributed by atoms with Crippen LogP contribution in [0.5, 0.6) is 5.75 Å². The minimum absolute atomic E-state index is 0. The van der Waals surface area contributed by atoms with E-state index in [0.29, 0.717) is 5.92 Å². The Kier molecular flexibility index (Phi) is 8.49. The zero-order chi connectivity index (χ0) is 14.2. The summed E-state index contributed by atoms with van der Waals surface area (Å²) in [7, 11) is 0. The summed E-state index contributed by atoms with van der Waals surface area (Å²) in [4.78, 5) is 4.39. The van der Waals surface area contributed by atoms with Gasteiger partial charge in [0.15, 0.2) is 5.96 Å². The number of hydrogen-bond donors (Lipinski definition) is 2. The second-order valence-corrected chi connectivity index (χ2v) is 5.54. The summed E-state index contributed by atoms with van der Waals surface area (Å²) in [6.07, 6.45) is 2.12. The summed E-state index contributed by atoms with van der Waals surface area (Å²) in [6.45, 7) is 7.93. The summed E-state index contributed by atoms with van der Waals surface area (Å²) in [5, 5.41) is 6.59. The first-order chi connectivity index (χ1) is 9.74. The van der Waals surface area contributed by atoms with Crippen molar-refractivity contribution in [2.75, 3.05) is 26.2 Å². The first-order valence-electron chi connectivity index (χ1n) is 7.48. The molecule has 2 rings (SSSR count). The van der Waals surface area contributed by atoms with Gasteiger partial charge in [0.05, 0.1) is 6.61 Å². The van der Waals surface area contributed by atoms with Crippen LogP contribution in [0.25, 0.3) is 0 Å². The molecule has 2 N–H and O–H groups in total. The molecule has 0 atom stereocenters. The molecule has 1 aromatic rings. The third-order valence-corrected chi connectivity index (χ3v) is 3.11. The zero-order valence-electron chi connectivity index (χ0n) is 12.9. The molecular formula is C16H26IN3O. The number of nitrogens with one attached hydrogen (secondary N) is 2. The highest BCUT2D eigenvalue weighted by molar-refractivity contribution is 14.0. The Labute approximate surface area is 144 Å². The average Bonchev–Trinajstić information content (AvgIpc) is 2.47. The number of guanidine groups is 1. The number of nitrogens with zero attached hydrogens (tertiary/aromatic N) is 1. The second-order valence-electron chi connectivity index (χ2n) is 5.54. The molecule has 0 fully saturated rings. The molecule has 0 saturated carbocycles. The van der Waals surface area contributed by atoms with Gasteiger partial charge in [-0.1, -0.05) is 26.0 Å². The first kappa shape index (κ1) is 18.1. The fraction of sp³-hybridized carbons (Fsp3) is 0.562. The van der Waals surface area contributed by atoms with Gasteiger partial charge in [-0.3, -0.25) is 4.99 Å². The number of aliphatic imine (C=N–C) groups is 1. The van der Waals surface area contributed by atoms with E-state index in [9.17, 15) is 0 Å². The summed E-state index contributed by atoms with van der Waals surface area (Å²) < 4.78 is 5.68. The van der Waals surface area contributed by atoms with Crippen LogP contribution in [0.4, 0.5) is 0 Å². The van der Waals surface area contributed by atoms with Crippen molar-refractivity contribution in [1.29, 1.82) is 0 Å². The van der Waals surface area contributed by atoms with Crippen molar-refractivity contribution in [2.24, 2.45) is 10.9 Å². The molecule has 1 aromatic carbocycles. The van der Waals surface area contributed by atoms with Gasteiger partial charge in [-0.25, -0.2) is 0 Å². The molecular weight excluding hydrogens is 377 g/mol. The van der Waals surface area contributed by atoms with Gasteiger partial charge in [0.1, 0.15) is 5.75 Å². The van der Waals surface area contributed by atoms with Crippen molar-refractivity contribution in [3.63, 3.8) is 0 Å². The Morgan fingerprint density at radius 3 is 2.67 bits per heavy atom. The number of benzene rings is 1. The molecule has 0 amide bonds. The molecule has 4 nitrogen and oxygen atoms in total. The van der Waals surface area contributed by atoms with Gasteiger partial charge in [-0.15, -0.1) is 24.0 Å². The molecule has 1 heterocycles. The summed E-state index contributed by atoms with van der Waals surface area (Å²) >= 11 is 0. The molecule has 0 unspecified atom stereocenters. The van der Waals surface area contributed by atoms with Crippen molar-refractivity contribution in [3.8, 4) is 5.75 Å². The maximum atomic E-state index is 5.68. The molecule has 5 heteroatoms. The van der Waals surface area contributed by atoms with E-state index in [-0.39, 0.29) is 24.0 Å². The van der Waals surface area contributed by atoms with Gasteiger partial charge in [-0.2, -0.15) is 0 Å². The maximum absolute atomic E-state index is 5.68. The van der Waals surface area contributed by atoms with E-state index >= 15 is 0 Å². The number of rotatable bonds is 6. The van der Waals surface area contributed by atoms with E-state index in [0.717, 1.165) is 50.8 Å². The predicted molar refractivity (Wildman–Crippen MR) is 98.8 cm³/mol.